The lowest BCUT2D eigenvalue weighted by Gasteiger charge is -2.25. The van der Waals surface area contributed by atoms with Crippen LogP contribution < -0.4 is 5.56 Å². The molecule has 2 rings (SSSR count). The highest BCUT2D eigenvalue weighted by Crippen LogP contribution is 2.39. The van der Waals surface area contributed by atoms with Gasteiger partial charge in [0.05, 0.1) is 17.5 Å². The number of nitrogens with zero attached hydrogens (tertiary/aromatic N) is 3. The zero-order chi connectivity index (χ0) is 21.6. The van der Waals surface area contributed by atoms with E-state index in [0.29, 0.717) is 11.3 Å². The van der Waals surface area contributed by atoms with Gasteiger partial charge in [-0.2, -0.15) is 18.3 Å². The third kappa shape index (κ3) is 4.36. The van der Waals surface area contributed by atoms with Crippen LogP contribution in [-0.2, 0) is 16.6 Å². The number of carbonyl (C=O) groups excluding carboxylic acids is 2. The van der Waals surface area contributed by atoms with E-state index in [2.05, 4.69) is 5.10 Å². The summed E-state index contributed by atoms with van der Waals surface area (Å²) in [5.41, 5.74) is -1.17. The minimum Gasteiger partial charge on any atom is -0.460 e. The summed E-state index contributed by atoms with van der Waals surface area (Å²) < 4.78 is 46.6. The Morgan fingerprint density at radius 3 is 2.21 bits per heavy atom. The molecular formula is C18H24F3N3O4. The van der Waals surface area contributed by atoms with Gasteiger partial charge in [-0.15, -0.1) is 0 Å². The number of hydrogen-bond acceptors (Lipinski definition) is 5. The summed E-state index contributed by atoms with van der Waals surface area (Å²) in [6.07, 6.45) is -4.69. The van der Waals surface area contributed by atoms with Crippen LogP contribution >= 0.6 is 0 Å². The molecule has 0 aromatic carbocycles. The second kappa shape index (κ2) is 7.21. The molecule has 1 aliphatic heterocycles. The average Bonchev–Trinajstić information content (AvgIpc) is 2.97. The Bertz CT molecular complexity index is 855. The Hall–Kier alpha value is -2.39. The fourth-order valence-corrected chi connectivity index (χ4v) is 3.18. The summed E-state index contributed by atoms with van der Waals surface area (Å²) in [4.78, 5) is 38.5. The van der Waals surface area contributed by atoms with Crippen molar-refractivity contribution in [2.75, 3.05) is 13.1 Å². The number of likely N-dealkylation sites (tertiary alicyclic amines) is 1. The van der Waals surface area contributed by atoms with Crippen LogP contribution in [0.1, 0.15) is 42.4 Å². The molecule has 0 radical (unpaired) electrons. The fourth-order valence-electron chi connectivity index (χ4n) is 3.18. The van der Waals surface area contributed by atoms with Crippen molar-refractivity contribution in [2.45, 2.75) is 46.4 Å². The lowest BCUT2D eigenvalue weighted by molar-refractivity contribution is -0.194. The second-order valence-corrected chi connectivity index (χ2v) is 8.01. The summed E-state index contributed by atoms with van der Waals surface area (Å²) in [6.45, 7) is 6.59. The normalized spacial score (nSPS) is 20.4. The van der Waals surface area contributed by atoms with Crippen molar-refractivity contribution in [3.05, 3.63) is 27.2 Å². The topological polar surface area (TPSA) is 81.5 Å². The number of aromatic nitrogens is 2. The average molecular weight is 403 g/mol. The molecule has 1 fully saturated rings. The Morgan fingerprint density at radius 1 is 1.14 bits per heavy atom. The molecule has 0 unspecified atom stereocenters. The van der Waals surface area contributed by atoms with Gasteiger partial charge in [-0.05, 0) is 40.2 Å². The van der Waals surface area contributed by atoms with Crippen molar-refractivity contribution < 1.29 is 27.5 Å². The molecule has 156 valence electrons. The van der Waals surface area contributed by atoms with Crippen LogP contribution in [0.2, 0.25) is 0 Å². The molecule has 28 heavy (non-hydrogen) atoms. The first kappa shape index (κ1) is 21.9. The number of aryl methyl sites for hydroxylation is 2. The number of esters is 1. The summed E-state index contributed by atoms with van der Waals surface area (Å²) in [5, 5.41) is 3.96. The highest BCUT2D eigenvalue weighted by molar-refractivity contribution is 5.96. The molecule has 0 saturated carbocycles. The van der Waals surface area contributed by atoms with Gasteiger partial charge in [-0.25, -0.2) is 4.68 Å². The second-order valence-electron chi connectivity index (χ2n) is 8.01. The van der Waals surface area contributed by atoms with Crippen molar-refractivity contribution in [3.63, 3.8) is 0 Å². The minimum atomic E-state index is -4.69. The Balaban J connectivity index is 2.40. The van der Waals surface area contributed by atoms with E-state index in [4.69, 9.17) is 4.74 Å². The van der Waals surface area contributed by atoms with E-state index < -0.39 is 54.1 Å². The SMILES string of the molecule is Cc1nn(C)c(=O)c(C(=O)N2C[C@@H](C(F)(F)F)[C@H](C(=O)OC(C)(C)C)C2)c1C. The molecule has 0 aliphatic carbocycles. The summed E-state index contributed by atoms with van der Waals surface area (Å²) in [7, 11) is 1.36. The van der Waals surface area contributed by atoms with Gasteiger partial charge in [0, 0.05) is 20.1 Å². The van der Waals surface area contributed by atoms with Gasteiger partial charge < -0.3 is 9.64 Å². The number of carbonyl (C=O) groups is 2. The van der Waals surface area contributed by atoms with Gasteiger partial charge in [0.15, 0.2) is 0 Å². The summed E-state index contributed by atoms with van der Waals surface area (Å²) in [6, 6.07) is 0. The van der Waals surface area contributed by atoms with Crippen molar-refractivity contribution >= 4 is 11.9 Å². The number of amides is 1. The number of ether oxygens (including phenoxy) is 1. The molecule has 0 bridgehead atoms. The van der Waals surface area contributed by atoms with Gasteiger partial charge in [0.25, 0.3) is 11.5 Å². The Kier molecular flexibility index (Phi) is 5.64. The quantitative estimate of drug-likeness (QED) is 0.706. The zero-order valence-electron chi connectivity index (χ0n) is 16.7. The maximum absolute atomic E-state index is 13.5. The van der Waals surface area contributed by atoms with Crippen LogP contribution in [0.25, 0.3) is 0 Å². The molecule has 7 nitrogen and oxygen atoms in total. The molecular weight excluding hydrogens is 379 g/mol. The Morgan fingerprint density at radius 2 is 1.71 bits per heavy atom. The number of hydrogen-bond donors (Lipinski definition) is 0. The molecule has 2 atom stereocenters. The van der Waals surface area contributed by atoms with Crippen molar-refractivity contribution in [1.29, 1.82) is 0 Å². The molecule has 0 N–H and O–H groups in total. The van der Waals surface area contributed by atoms with E-state index in [-0.39, 0.29) is 5.56 Å². The van der Waals surface area contributed by atoms with Gasteiger partial charge in [-0.1, -0.05) is 0 Å². The van der Waals surface area contributed by atoms with Crippen molar-refractivity contribution in [1.82, 2.24) is 14.7 Å². The monoisotopic (exact) mass is 403 g/mol. The maximum Gasteiger partial charge on any atom is 0.394 e. The van der Waals surface area contributed by atoms with E-state index in [9.17, 15) is 27.6 Å². The van der Waals surface area contributed by atoms with Gasteiger partial charge >= 0.3 is 12.1 Å². The van der Waals surface area contributed by atoms with Crippen LogP contribution in [0.3, 0.4) is 0 Å². The largest absolute Gasteiger partial charge is 0.460 e. The third-order valence-corrected chi connectivity index (χ3v) is 4.68. The van der Waals surface area contributed by atoms with Crippen LogP contribution in [0.4, 0.5) is 13.2 Å². The highest BCUT2D eigenvalue weighted by Gasteiger charge is 2.54. The van der Waals surface area contributed by atoms with Gasteiger partial charge in [0.2, 0.25) is 0 Å². The third-order valence-electron chi connectivity index (χ3n) is 4.68. The zero-order valence-corrected chi connectivity index (χ0v) is 16.7. The van der Waals surface area contributed by atoms with Crippen LogP contribution in [-0.4, -0.2) is 51.4 Å². The van der Waals surface area contributed by atoms with Crippen LogP contribution in [0.5, 0.6) is 0 Å². The van der Waals surface area contributed by atoms with Crippen LogP contribution in [0, 0.1) is 25.7 Å². The molecule has 0 spiro atoms. The molecule has 1 saturated heterocycles. The van der Waals surface area contributed by atoms with E-state index in [1.165, 1.54) is 14.0 Å². The smallest absolute Gasteiger partial charge is 0.394 e. The van der Waals surface area contributed by atoms with E-state index in [1.54, 1.807) is 27.7 Å². The Labute approximate surface area is 160 Å². The first-order valence-electron chi connectivity index (χ1n) is 8.77. The van der Waals surface area contributed by atoms with Crippen molar-refractivity contribution in [2.24, 2.45) is 18.9 Å². The van der Waals surface area contributed by atoms with E-state index in [0.717, 1.165) is 9.58 Å². The highest BCUT2D eigenvalue weighted by atomic mass is 19.4. The first-order chi connectivity index (χ1) is 12.6. The molecule has 1 aromatic rings. The van der Waals surface area contributed by atoms with E-state index in [1.807, 2.05) is 0 Å². The number of rotatable bonds is 2. The van der Waals surface area contributed by atoms with E-state index >= 15 is 0 Å². The van der Waals surface area contributed by atoms with Gasteiger partial charge in [-0.3, -0.25) is 14.4 Å². The first-order valence-corrected chi connectivity index (χ1v) is 8.77. The summed E-state index contributed by atoms with van der Waals surface area (Å²) in [5.74, 6) is -5.46. The van der Waals surface area contributed by atoms with Crippen molar-refractivity contribution in [3.8, 4) is 0 Å². The number of halogens is 3. The predicted octanol–water partition coefficient (Wildman–Crippen LogP) is 1.99. The summed E-state index contributed by atoms with van der Waals surface area (Å²) >= 11 is 0. The molecule has 1 amide bonds. The molecule has 1 aliphatic rings. The fraction of sp³-hybridized carbons (Fsp3) is 0.667. The number of alkyl halides is 3. The van der Waals surface area contributed by atoms with Gasteiger partial charge in [0.1, 0.15) is 11.2 Å². The molecule has 2 heterocycles. The lowest BCUT2D eigenvalue weighted by atomic mass is 9.95. The standard InChI is InChI=1S/C18H24F3N3O4/c1-9-10(2)22-23(6)14(25)13(9)15(26)24-7-11(12(8-24)18(19,20)21)16(27)28-17(3,4)5/h11-12H,7-8H2,1-6H3/t11-,12-/m1/s1. The van der Waals surface area contributed by atoms with Crippen LogP contribution in [0.15, 0.2) is 4.79 Å². The molecule has 1 aromatic heterocycles. The predicted molar refractivity (Wildman–Crippen MR) is 93.7 cm³/mol. The molecule has 10 heteroatoms. The lowest BCUT2D eigenvalue weighted by Crippen LogP contribution is -2.38. The minimum absolute atomic E-state index is 0.235. The maximum atomic E-state index is 13.5.